The van der Waals surface area contributed by atoms with E-state index < -0.39 is 15.8 Å². The molecule has 1 unspecified atom stereocenters. The second kappa shape index (κ2) is 7.61. The zero-order chi connectivity index (χ0) is 16.4. The molecule has 1 aliphatic heterocycles. The molecule has 2 aromatic rings. The SMILES string of the molecule is Cc1cccc(S(=O)(=O)NCC2NCCc3ccccc32)c1F.Cl. The van der Waals surface area contributed by atoms with Gasteiger partial charge in [-0.2, -0.15) is 0 Å². The largest absolute Gasteiger partial charge is 0.308 e. The number of hydrogen-bond donors (Lipinski definition) is 2. The molecule has 130 valence electrons. The molecule has 7 heteroatoms. The average Bonchev–Trinajstić information content (AvgIpc) is 2.55. The highest BCUT2D eigenvalue weighted by Crippen LogP contribution is 2.23. The molecular weight excluding hydrogens is 351 g/mol. The second-order valence-electron chi connectivity index (χ2n) is 5.69. The Morgan fingerprint density at radius 3 is 2.75 bits per heavy atom. The zero-order valence-corrected chi connectivity index (χ0v) is 14.9. The van der Waals surface area contributed by atoms with Crippen molar-refractivity contribution in [2.24, 2.45) is 0 Å². The Balaban J connectivity index is 0.00000208. The Bertz CT molecular complexity index is 827. The lowest BCUT2D eigenvalue weighted by Crippen LogP contribution is -2.39. The molecule has 3 rings (SSSR count). The average molecular weight is 371 g/mol. The molecule has 0 spiro atoms. The molecule has 0 radical (unpaired) electrons. The predicted octanol–water partition coefficient (Wildman–Crippen LogP) is 2.72. The summed E-state index contributed by atoms with van der Waals surface area (Å²) in [6.07, 6.45) is 0.923. The van der Waals surface area contributed by atoms with Crippen LogP contribution in [0.3, 0.4) is 0 Å². The van der Waals surface area contributed by atoms with Crippen molar-refractivity contribution in [2.75, 3.05) is 13.1 Å². The molecule has 0 bridgehead atoms. The van der Waals surface area contributed by atoms with E-state index in [0.29, 0.717) is 5.56 Å². The topological polar surface area (TPSA) is 58.2 Å². The molecule has 0 fully saturated rings. The fraction of sp³-hybridized carbons (Fsp3) is 0.294. The van der Waals surface area contributed by atoms with Crippen molar-refractivity contribution in [3.05, 3.63) is 65.0 Å². The highest BCUT2D eigenvalue weighted by atomic mass is 35.5. The number of rotatable bonds is 4. The number of hydrogen-bond acceptors (Lipinski definition) is 3. The third kappa shape index (κ3) is 3.78. The van der Waals surface area contributed by atoms with Crippen LogP contribution < -0.4 is 10.0 Å². The third-order valence-corrected chi connectivity index (χ3v) is 5.58. The van der Waals surface area contributed by atoms with Crippen LogP contribution in [-0.4, -0.2) is 21.5 Å². The van der Waals surface area contributed by atoms with Gasteiger partial charge in [-0.1, -0.05) is 36.4 Å². The first-order valence-electron chi connectivity index (χ1n) is 7.55. The molecule has 24 heavy (non-hydrogen) atoms. The van der Waals surface area contributed by atoms with Gasteiger partial charge >= 0.3 is 0 Å². The summed E-state index contributed by atoms with van der Waals surface area (Å²) in [5.41, 5.74) is 2.62. The molecule has 0 saturated heterocycles. The van der Waals surface area contributed by atoms with E-state index in [0.717, 1.165) is 18.5 Å². The molecule has 2 aromatic carbocycles. The number of aryl methyl sites for hydroxylation is 1. The smallest absolute Gasteiger partial charge is 0.243 e. The first-order chi connectivity index (χ1) is 11.0. The summed E-state index contributed by atoms with van der Waals surface area (Å²) in [6.45, 7) is 2.53. The van der Waals surface area contributed by atoms with Gasteiger partial charge in [-0.15, -0.1) is 12.4 Å². The number of benzene rings is 2. The van der Waals surface area contributed by atoms with Crippen LogP contribution in [0.15, 0.2) is 47.4 Å². The van der Waals surface area contributed by atoms with Crippen molar-refractivity contribution >= 4 is 22.4 Å². The summed E-state index contributed by atoms with van der Waals surface area (Å²) in [4.78, 5) is -0.304. The molecule has 1 aliphatic rings. The van der Waals surface area contributed by atoms with Gasteiger partial charge < -0.3 is 5.32 Å². The third-order valence-electron chi connectivity index (χ3n) is 4.14. The number of nitrogens with one attached hydrogen (secondary N) is 2. The van der Waals surface area contributed by atoms with E-state index in [2.05, 4.69) is 16.1 Å². The fourth-order valence-corrected chi connectivity index (χ4v) is 4.07. The predicted molar refractivity (Wildman–Crippen MR) is 94.5 cm³/mol. The van der Waals surface area contributed by atoms with E-state index in [1.165, 1.54) is 11.6 Å². The van der Waals surface area contributed by atoms with Gasteiger partial charge in [-0.05, 0) is 42.6 Å². The highest BCUT2D eigenvalue weighted by molar-refractivity contribution is 7.89. The number of fused-ring (bicyclic) bond motifs is 1. The van der Waals surface area contributed by atoms with Crippen LogP contribution in [0, 0.1) is 12.7 Å². The summed E-state index contributed by atoms with van der Waals surface area (Å²) in [5, 5.41) is 3.30. The van der Waals surface area contributed by atoms with E-state index in [1.54, 1.807) is 19.1 Å². The molecule has 0 amide bonds. The van der Waals surface area contributed by atoms with Crippen molar-refractivity contribution in [3.8, 4) is 0 Å². The van der Waals surface area contributed by atoms with Crippen molar-refractivity contribution in [1.29, 1.82) is 0 Å². The van der Waals surface area contributed by atoms with Crippen LogP contribution in [0.4, 0.5) is 4.39 Å². The number of sulfonamides is 1. The first-order valence-corrected chi connectivity index (χ1v) is 9.03. The van der Waals surface area contributed by atoms with Crippen molar-refractivity contribution in [1.82, 2.24) is 10.0 Å². The zero-order valence-electron chi connectivity index (χ0n) is 13.3. The van der Waals surface area contributed by atoms with Crippen LogP contribution in [0.2, 0.25) is 0 Å². The van der Waals surface area contributed by atoms with Crippen LogP contribution in [0.1, 0.15) is 22.7 Å². The van der Waals surface area contributed by atoms with E-state index in [9.17, 15) is 12.8 Å². The van der Waals surface area contributed by atoms with E-state index in [4.69, 9.17) is 0 Å². The lowest BCUT2D eigenvalue weighted by molar-refractivity contribution is 0.489. The standard InChI is InChI=1S/C17H19FN2O2S.ClH/c1-12-5-4-8-16(17(12)18)23(21,22)20-11-15-14-7-3-2-6-13(14)9-10-19-15;/h2-8,15,19-20H,9-11H2,1H3;1H. The Hall–Kier alpha value is -1.47. The molecule has 4 nitrogen and oxygen atoms in total. The van der Waals surface area contributed by atoms with Crippen LogP contribution in [-0.2, 0) is 16.4 Å². The maximum Gasteiger partial charge on any atom is 0.243 e. The van der Waals surface area contributed by atoms with Gasteiger partial charge in [-0.25, -0.2) is 17.5 Å². The van der Waals surface area contributed by atoms with Gasteiger partial charge in [0.2, 0.25) is 10.0 Å². The maximum atomic E-state index is 14.1. The van der Waals surface area contributed by atoms with Crippen molar-refractivity contribution in [3.63, 3.8) is 0 Å². The highest BCUT2D eigenvalue weighted by Gasteiger charge is 2.24. The van der Waals surface area contributed by atoms with Crippen LogP contribution >= 0.6 is 12.4 Å². The molecule has 1 atom stereocenters. The van der Waals surface area contributed by atoms with Crippen molar-refractivity contribution in [2.45, 2.75) is 24.3 Å². The lowest BCUT2D eigenvalue weighted by Gasteiger charge is -2.27. The van der Waals surface area contributed by atoms with Crippen LogP contribution in [0.5, 0.6) is 0 Å². The molecular formula is C17H20ClFN2O2S. The van der Waals surface area contributed by atoms with Gasteiger partial charge in [0, 0.05) is 12.6 Å². The molecule has 2 N–H and O–H groups in total. The molecule has 0 aliphatic carbocycles. The van der Waals surface area contributed by atoms with Gasteiger partial charge in [0.05, 0.1) is 0 Å². The molecule has 0 aromatic heterocycles. The van der Waals surface area contributed by atoms with Crippen LogP contribution in [0.25, 0.3) is 0 Å². The monoisotopic (exact) mass is 370 g/mol. The summed E-state index contributed by atoms with van der Waals surface area (Å²) >= 11 is 0. The van der Waals surface area contributed by atoms with Crippen molar-refractivity contribution < 1.29 is 12.8 Å². The summed E-state index contributed by atoms with van der Waals surface area (Å²) < 4.78 is 41.4. The Morgan fingerprint density at radius 1 is 1.21 bits per heavy atom. The first kappa shape index (κ1) is 18.9. The Morgan fingerprint density at radius 2 is 1.96 bits per heavy atom. The minimum atomic E-state index is -3.88. The van der Waals surface area contributed by atoms with E-state index in [1.807, 2.05) is 18.2 Å². The lowest BCUT2D eigenvalue weighted by atomic mass is 9.95. The minimum Gasteiger partial charge on any atom is -0.308 e. The number of halogens is 2. The van der Waals surface area contributed by atoms with Gasteiger partial charge in [0.15, 0.2) is 0 Å². The summed E-state index contributed by atoms with van der Waals surface area (Å²) in [7, 11) is -3.88. The maximum absolute atomic E-state index is 14.1. The quantitative estimate of drug-likeness (QED) is 0.870. The minimum absolute atomic E-state index is 0. The van der Waals surface area contributed by atoms with Gasteiger partial charge in [0.25, 0.3) is 0 Å². The van der Waals surface area contributed by atoms with E-state index >= 15 is 0 Å². The Kier molecular flexibility index (Phi) is 5.98. The normalized spacial score (nSPS) is 17.0. The van der Waals surface area contributed by atoms with Gasteiger partial charge in [0.1, 0.15) is 10.7 Å². The fourth-order valence-electron chi connectivity index (χ4n) is 2.87. The second-order valence-corrected chi connectivity index (χ2v) is 7.43. The summed E-state index contributed by atoms with van der Waals surface area (Å²) in [5.74, 6) is -0.697. The molecule has 1 heterocycles. The van der Waals surface area contributed by atoms with Gasteiger partial charge in [-0.3, -0.25) is 0 Å². The molecule has 0 saturated carbocycles. The summed E-state index contributed by atoms with van der Waals surface area (Å²) in [6, 6.07) is 12.2. The van der Waals surface area contributed by atoms with E-state index in [-0.39, 0.29) is 29.9 Å². The Labute approximate surface area is 147 Å².